The first-order valence-corrected chi connectivity index (χ1v) is 3.47. The van der Waals surface area contributed by atoms with Crippen molar-refractivity contribution < 1.29 is 0 Å². The second-order valence-corrected chi connectivity index (χ2v) is 2.51. The average molecular weight is 142 g/mol. The molecule has 1 unspecified atom stereocenters. The van der Waals surface area contributed by atoms with Crippen LogP contribution in [0.15, 0.2) is 41.7 Å². The number of hydrogen-bond donors (Lipinski definition) is 0. The molecule has 0 saturated heterocycles. The second kappa shape index (κ2) is 2.12. The topological polar surface area (TPSA) is 17.3 Å². The summed E-state index contributed by atoms with van der Waals surface area (Å²) < 4.78 is 1.85. The molecule has 2 radical (unpaired) electrons. The van der Waals surface area contributed by atoms with Crippen LogP contribution in [0.25, 0.3) is 0 Å². The Kier molecular flexibility index (Phi) is 1.25. The molecule has 2 nitrogen and oxygen atoms in total. The van der Waals surface area contributed by atoms with Gasteiger partial charge in [0.2, 0.25) is 0 Å². The summed E-state index contributed by atoms with van der Waals surface area (Å²) >= 11 is 0. The first-order valence-electron chi connectivity index (χ1n) is 3.47. The lowest BCUT2D eigenvalue weighted by molar-refractivity contribution is 0.570. The average Bonchev–Trinajstić information content (AvgIpc) is 2.55. The highest BCUT2D eigenvalue weighted by molar-refractivity contribution is 6.16. The summed E-state index contributed by atoms with van der Waals surface area (Å²) in [6.45, 7) is 0. The minimum Gasteiger partial charge on any atom is -0.335 e. The summed E-state index contributed by atoms with van der Waals surface area (Å²) in [6.07, 6.45) is 9.20. The molecule has 0 aliphatic carbocycles. The van der Waals surface area contributed by atoms with Crippen LogP contribution in [-0.2, 0) is 5.56 Å². The summed E-state index contributed by atoms with van der Waals surface area (Å²) in [5, 5.41) is 0. The van der Waals surface area contributed by atoms with Gasteiger partial charge >= 0.3 is 0 Å². The van der Waals surface area contributed by atoms with E-state index in [4.69, 9.17) is 7.85 Å². The molecule has 2 rings (SSSR count). The maximum atomic E-state index is 5.90. The molecular weight excluding hydrogens is 135 g/mol. The smallest absolute Gasteiger partial charge is 0.144 e. The molecule has 1 aliphatic heterocycles. The van der Waals surface area contributed by atoms with Crippen LogP contribution in [0.1, 0.15) is 0 Å². The first kappa shape index (κ1) is 6.46. The highest BCUT2D eigenvalue weighted by Crippen LogP contribution is 2.18. The van der Waals surface area contributed by atoms with Crippen molar-refractivity contribution in [1.29, 1.82) is 0 Å². The molecule has 1 aromatic heterocycles. The van der Waals surface area contributed by atoms with E-state index in [2.05, 4.69) is 4.99 Å². The van der Waals surface area contributed by atoms with Crippen LogP contribution in [0.4, 0.5) is 0 Å². The number of rotatable bonds is 1. The number of hydrogen-bond acceptors (Lipinski definition) is 1. The van der Waals surface area contributed by atoms with E-state index in [0.717, 1.165) is 0 Å². The number of aliphatic imine (C=N–C) groups is 1. The van der Waals surface area contributed by atoms with Crippen molar-refractivity contribution in [2.24, 2.45) is 4.99 Å². The number of aromatic nitrogens is 1. The van der Waals surface area contributed by atoms with Crippen LogP contribution >= 0.6 is 0 Å². The number of nitrogens with zero attached hydrogens (tertiary/aromatic N) is 2. The minimum atomic E-state index is -0.677. The van der Waals surface area contributed by atoms with E-state index in [9.17, 15) is 0 Å². The van der Waals surface area contributed by atoms with Crippen molar-refractivity contribution in [1.82, 2.24) is 4.57 Å². The Hall–Kier alpha value is -1.25. The summed E-state index contributed by atoms with van der Waals surface area (Å²) in [5.41, 5.74) is -0.677. The highest BCUT2D eigenvalue weighted by Gasteiger charge is 2.20. The third-order valence-electron chi connectivity index (χ3n) is 1.73. The van der Waals surface area contributed by atoms with Crippen LogP contribution in [0, 0.1) is 0 Å². The van der Waals surface area contributed by atoms with Crippen LogP contribution in [0.3, 0.4) is 0 Å². The van der Waals surface area contributed by atoms with Gasteiger partial charge in [-0.1, -0.05) is 0 Å². The van der Waals surface area contributed by atoms with E-state index in [0.29, 0.717) is 0 Å². The minimum absolute atomic E-state index is 0.677. The Labute approximate surface area is 66.7 Å². The van der Waals surface area contributed by atoms with Crippen molar-refractivity contribution in [3.63, 3.8) is 0 Å². The van der Waals surface area contributed by atoms with Gasteiger partial charge in [-0.3, -0.25) is 4.99 Å². The molecular formula is C8H7BN2. The molecule has 11 heavy (non-hydrogen) atoms. The van der Waals surface area contributed by atoms with Crippen molar-refractivity contribution in [3.8, 4) is 0 Å². The third-order valence-corrected chi connectivity index (χ3v) is 1.73. The Morgan fingerprint density at radius 3 is 2.55 bits per heavy atom. The highest BCUT2D eigenvalue weighted by atomic mass is 15.2. The van der Waals surface area contributed by atoms with Crippen molar-refractivity contribution in [2.45, 2.75) is 5.56 Å². The van der Waals surface area contributed by atoms with Gasteiger partial charge in [-0.05, 0) is 24.3 Å². The summed E-state index contributed by atoms with van der Waals surface area (Å²) in [5.74, 6) is 0. The molecule has 0 saturated carbocycles. The zero-order valence-electron chi connectivity index (χ0n) is 6.01. The van der Waals surface area contributed by atoms with Gasteiger partial charge in [-0.15, -0.1) is 0 Å². The lowest BCUT2D eigenvalue weighted by atomic mass is 9.88. The molecule has 0 fully saturated rings. The maximum Gasteiger partial charge on any atom is 0.144 e. The van der Waals surface area contributed by atoms with Crippen LogP contribution in [0.2, 0.25) is 0 Å². The third kappa shape index (κ3) is 0.927. The summed E-state index contributed by atoms with van der Waals surface area (Å²) in [7, 11) is 5.90. The Balaban J connectivity index is 2.43. The summed E-state index contributed by atoms with van der Waals surface area (Å²) in [4.78, 5) is 4.11. The van der Waals surface area contributed by atoms with Gasteiger partial charge < -0.3 is 4.57 Å². The largest absolute Gasteiger partial charge is 0.335 e. The van der Waals surface area contributed by atoms with Crippen molar-refractivity contribution in [3.05, 3.63) is 36.7 Å². The van der Waals surface area contributed by atoms with Crippen molar-refractivity contribution >= 4 is 14.1 Å². The Bertz CT molecular complexity index is 286. The van der Waals surface area contributed by atoms with E-state index in [1.807, 2.05) is 41.2 Å². The molecule has 52 valence electrons. The van der Waals surface area contributed by atoms with E-state index >= 15 is 0 Å². The van der Waals surface area contributed by atoms with Gasteiger partial charge in [0.05, 0.1) is 0 Å². The predicted molar refractivity (Wildman–Crippen MR) is 45.8 cm³/mol. The maximum absolute atomic E-state index is 5.90. The quantitative estimate of drug-likeness (QED) is 0.518. The molecule has 0 amide bonds. The second-order valence-electron chi connectivity index (χ2n) is 2.51. The Morgan fingerprint density at radius 1 is 1.27 bits per heavy atom. The first-order chi connectivity index (χ1) is 5.31. The fraction of sp³-hybridized carbons (Fsp3) is 0.125. The van der Waals surface area contributed by atoms with Crippen LogP contribution in [-0.4, -0.2) is 18.6 Å². The monoisotopic (exact) mass is 142 g/mol. The van der Waals surface area contributed by atoms with Gasteiger partial charge in [0.1, 0.15) is 13.4 Å². The lowest BCUT2D eigenvalue weighted by Gasteiger charge is -2.21. The fourth-order valence-corrected chi connectivity index (χ4v) is 1.12. The van der Waals surface area contributed by atoms with Gasteiger partial charge in [0, 0.05) is 18.6 Å². The van der Waals surface area contributed by atoms with Crippen LogP contribution in [0.5, 0.6) is 0 Å². The molecule has 3 heteroatoms. The van der Waals surface area contributed by atoms with Gasteiger partial charge in [0.15, 0.2) is 0 Å². The summed E-state index contributed by atoms with van der Waals surface area (Å²) in [6, 6.07) is 3.85. The van der Waals surface area contributed by atoms with Gasteiger partial charge in [-0.2, -0.15) is 0 Å². The molecule has 0 aromatic carbocycles. The molecule has 1 aromatic rings. The van der Waals surface area contributed by atoms with Crippen LogP contribution < -0.4 is 0 Å². The van der Waals surface area contributed by atoms with E-state index in [-0.39, 0.29) is 0 Å². The van der Waals surface area contributed by atoms with Gasteiger partial charge in [0.25, 0.3) is 0 Å². The van der Waals surface area contributed by atoms with Crippen molar-refractivity contribution in [2.75, 3.05) is 0 Å². The Morgan fingerprint density at radius 2 is 2.00 bits per heavy atom. The standard InChI is InChI=1S/C8H7BN2/c9-8(4-3-5-10-8)11-6-1-2-7-11/h1-7H. The molecule has 0 bridgehead atoms. The van der Waals surface area contributed by atoms with Gasteiger partial charge in [-0.25, -0.2) is 0 Å². The molecule has 1 atom stereocenters. The SMILES string of the molecule is [B]C1(n2cccc2)C=CC=N1. The zero-order valence-corrected chi connectivity index (χ0v) is 6.01. The zero-order chi connectivity index (χ0) is 7.73. The normalized spacial score (nSPS) is 28.0. The molecule has 1 aliphatic rings. The van der Waals surface area contributed by atoms with E-state index in [1.165, 1.54) is 0 Å². The molecule has 0 N–H and O–H groups in total. The van der Waals surface area contributed by atoms with E-state index < -0.39 is 5.56 Å². The lowest BCUT2D eigenvalue weighted by Crippen LogP contribution is -2.26. The van der Waals surface area contributed by atoms with E-state index in [1.54, 1.807) is 6.21 Å². The predicted octanol–water partition coefficient (Wildman–Crippen LogP) is 0.907. The molecule has 0 spiro atoms. The fourth-order valence-electron chi connectivity index (χ4n) is 1.12. The number of allylic oxidation sites excluding steroid dienone is 1. The molecule has 2 heterocycles.